The highest BCUT2D eigenvalue weighted by Gasteiger charge is 2.25. The van der Waals surface area contributed by atoms with E-state index >= 15 is 0 Å². The molecule has 0 aromatic rings. The third-order valence-electron chi connectivity index (χ3n) is 2.96. The number of hydrogen-bond acceptors (Lipinski definition) is 5. The van der Waals surface area contributed by atoms with E-state index in [1.807, 2.05) is 5.32 Å². The van der Waals surface area contributed by atoms with Gasteiger partial charge < -0.3 is 31.3 Å². The molecule has 0 rings (SSSR count). The summed E-state index contributed by atoms with van der Waals surface area (Å²) < 4.78 is 0. The van der Waals surface area contributed by atoms with Gasteiger partial charge in [-0.25, -0.2) is 14.4 Å². The van der Waals surface area contributed by atoms with E-state index in [9.17, 15) is 24.0 Å². The van der Waals surface area contributed by atoms with E-state index in [4.69, 9.17) is 15.3 Å². The number of carbonyl (C=O) groups excluding carboxylic acids is 2. The van der Waals surface area contributed by atoms with E-state index in [0.717, 1.165) is 0 Å². The Labute approximate surface area is 143 Å². The standard InChI is InChI=1S/C14H23N3O8/c1-7(2)15-10(18)5-3-8(12(21)22)16-14(25)17-9(13(23)24)4-6-11(19)20/h7-9H,3-6H2,1-2H3,(H,15,18)(H,19,20)(H,21,22)(H,23,24)(H2,16,17,25)/t8-,9-/m0/s1. The van der Waals surface area contributed by atoms with Crippen molar-refractivity contribution < 1.29 is 39.3 Å². The predicted molar refractivity (Wildman–Crippen MR) is 83.9 cm³/mol. The lowest BCUT2D eigenvalue weighted by atomic mass is 10.1. The Morgan fingerprint density at radius 3 is 1.56 bits per heavy atom. The Kier molecular flexibility index (Phi) is 9.60. The van der Waals surface area contributed by atoms with Gasteiger partial charge in [0.15, 0.2) is 0 Å². The van der Waals surface area contributed by atoms with Crippen LogP contribution in [0.15, 0.2) is 0 Å². The number of amides is 3. The van der Waals surface area contributed by atoms with Gasteiger partial charge in [0.05, 0.1) is 0 Å². The topological polar surface area (TPSA) is 182 Å². The minimum Gasteiger partial charge on any atom is -0.481 e. The van der Waals surface area contributed by atoms with E-state index in [1.54, 1.807) is 13.8 Å². The normalized spacial score (nSPS) is 12.8. The molecular weight excluding hydrogens is 338 g/mol. The first-order chi connectivity index (χ1) is 11.5. The van der Waals surface area contributed by atoms with Crippen molar-refractivity contribution in [2.45, 2.75) is 57.7 Å². The van der Waals surface area contributed by atoms with Gasteiger partial charge in [0.25, 0.3) is 0 Å². The van der Waals surface area contributed by atoms with Gasteiger partial charge in [-0.15, -0.1) is 0 Å². The molecule has 0 heterocycles. The maximum Gasteiger partial charge on any atom is 0.326 e. The number of carboxylic acid groups (broad SMARTS) is 3. The molecule has 0 radical (unpaired) electrons. The van der Waals surface area contributed by atoms with Crippen molar-refractivity contribution in [3.63, 3.8) is 0 Å². The highest BCUT2D eigenvalue weighted by atomic mass is 16.4. The lowest BCUT2D eigenvalue weighted by molar-refractivity contribution is -0.141. The molecule has 0 aromatic heterocycles. The molecule has 11 heteroatoms. The summed E-state index contributed by atoms with van der Waals surface area (Å²) in [6.07, 6.45) is -1.16. The molecule has 2 atom stereocenters. The first kappa shape index (κ1) is 22.1. The molecule has 0 spiro atoms. The number of carbonyl (C=O) groups is 5. The minimum atomic E-state index is -1.48. The van der Waals surface area contributed by atoms with Crippen molar-refractivity contribution in [3.8, 4) is 0 Å². The number of carboxylic acids is 3. The summed E-state index contributed by atoms with van der Waals surface area (Å²) in [6, 6.07) is -4.06. The fourth-order valence-corrected chi connectivity index (χ4v) is 1.81. The molecule has 0 bridgehead atoms. The molecule has 0 aliphatic heterocycles. The highest BCUT2D eigenvalue weighted by molar-refractivity contribution is 5.86. The second kappa shape index (κ2) is 10.8. The van der Waals surface area contributed by atoms with Crippen LogP contribution in [0, 0.1) is 0 Å². The third-order valence-corrected chi connectivity index (χ3v) is 2.96. The smallest absolute Gasteiger partial charge is 0.326 e. The van der Waals surface area contributed by atoms with E-state index in [0.29, 0.717) is 0 Å². The van der Waals surface area contributed by atoms with Crippen molar-refractivity contribution in [2.75, 3.05) is 0 Å². The first-order valence-electron chi connectivity index (χ1n) is 7.56. The molecule has 6 N–H and O–H groups in total. The summed E-state index contributed by atoms with van der Waals surface area (Å²) in [5.74, 6) is -4.44. The molecule has 142 valence electrons. The van der Waals surface area contributed by atoms with Crippen molar-refractivity contribution in [2.24, 2.45) is 0 Å². The van der Waals surface area contributed by atoms with E-state index < -0.39 is 42.4 Å². The quantitative estimate of drug-likeness (QED) is 0.281. The van der Waals surface area contributed by atoms with Gasteiger partial charge >= 0.3 is 23.9 Å². The van der Waals surface area contributed by atoms with Gasteiger partial charge in [-0.05, 0) is 26.7 Å². The zero-order valence-electron chi connectivity index (χ0n) is 13.9. The van der Waals surface area contributed by atoms with Gasteiger partial charge in [-0.3, -0.25) is 9.59 Å². The van der Waals surface area contributed by atoms with Crippen LogP contribution >= 0.6 is 0 Å². The monoisotopic (exact) mass is 361 g/mol. The van der Waals surface area contributed by atoms with Crippen LogP contribution in [0.3, 0.4) is 0 Å². The lowest BCUT2D eigenvalue weighted by Gasteiger charge is -2.18. The summed E-state index contributed by atoms with van der Waals surface area (Å²) in [7, 11) is 0. The summed E-state index contributed by atoms with van der Waals surface area (Å²) in [5, 5.41) is 33.2. The van der Waals surface area contributed by atoms with Crippen LogP contribution in [0.25, 0.3) is 0 Å². The molecule has 0 aliphatic carbocycles. The first-order valence-corrected chi connectivity index (χ1v) is 7.56. The number of urea groups is 1. The van der Waals surface area contributed by atoms with Crippen molar-refractivity contribution in [1.82, 2.24) is 16.0 Å². The van der Waals surface area contributed by atoms with Crippen LogP contribution in [-0.2, 0) is 19.2 Å². The van der Waals surface area contributed by atoms with E-state index in [1.165, 1.54) is 0 Å². The molecule has 0 aliphatic rings. The van der Waals surface area contributed by atoms with Crippen molar-refractivity contribution in [3.05, 3.63) is 0 Å². The highest BCUT2D eigenvalue weighted by Crippen LogP contribution is 2.01. The van der Waals surface area contributed by atoms with Gasteiger partial charge in [0.2, 0.25) is 5.91 Å². The van der Waals surface area contributed by atoms with Crippen LogP contribution in [0.5, 0.6) is 0 Å². The van der Waals surface area contributed by atoms with Gasteiger partial charge in [0.1, 0.15) is 12.1 Å². The van der Waals surface area contributed by atoms with Gasteiger partial charge in [0, 0.05) is 18.9 Å². The maximum atomic E-state index is 11.7. The lowest BCUT2D eigenvalue weighted by Crippen LogP contribution is -2.51. The van der Waals surface area contributed by atoms with Gasteiger partial charge in [-0.1, -0.05) is 0 Å². The summed E-state index contributed by atoms with van der Waals surface area (Å²) in [5.41, 5.74) is 0. The SMILES string of the molecule is CC(C)NC(=O)CC[C@H](NC(=O)N[C@@H](CCC(=O)O)C(=O)O)C(=O)O. The van der Waals surface area contributed by atoms with E-state index in [-0.39, 0.29) is 31.2 Å². The molecule has 0 unspecified atom stereocenters. The number of rotatable bonds is 11. The number of hydrogen-bond donors (Lipinski definition) is 6. The van der Waals surface area contributed by atoms with E-state index in [2.05, 4.69) is 10.6 Å². The Morgan fingerprint density at radius 2 is 1.20 bits per heavy atom. The average molecular weight is 361 g/mol. The summed E-state index contributed by atoms with van der Waals surface area (Å²) in [4.78, 5) is 55.8. The third kappa shape index (κ3) is 10.5. The molecule has 11 nitrogen and oxygen atoms in total. The molecular formula is C14H23N3O8. The largest absolute Gasteiger partial charge is 0.481 e. The second-order valence-corrected chi connectivity index (χ2v) is 5.59. The molecule has 25 heavy (non-hydrogen) atoms. The summed E-state index contributed by atoms with van der Waals surface area (Å²) >= 11 is 0. The maximum absolute atomic E-state index is 11.7. The fraction of sp³-hybridized carbons (Fsp3) is 0.643. The van der Waals surface area contributed by atoms with Gasteiger partial charge in [-0.2, -0.15) is 0 Å². The van der Waals surface area contributed by atoms with Crippen LogP contribution < -0.4 is 16.0 Å². The molecule has 0 aromatic carbocycles. The zero-order chi connectivity index (χ0) is 19.6. The van der Waals surface area contributed by atoms with Crippen molar-refractivity contribution >= 4 is 29.8 Å². The molecule has 0 saturated carbocycles. The summed E-state index contributed by atoms with van der Waals surface area (Å²) in [6.45, 7) is 3.48. The average Bonchev–Trinajstić information content (AvgIpc) is 2.46. The predicted octanol–water partition coefficient (Wildman–Crippen LogP) is -0.638. The number of nitrogens with one attached hydrogen (secondary N) is 3. The Bertz CT molecular complexity index is 520. The van der Waals surface area contributed by atoms with Crippen LogP contribution in [0.1, 0.15) is 39.5 Å². The fourth-order valence-electron chi connectivity index (χ4n) is 1.81. The Balaban J connectivity index is 4.60. The zero-order valence-corrected chi connectivity index (χ0v) is 13.9. The Hall–Kier alpha value is -2.85. The minimum absolute atomic E-state index is 0.113. The van der Waals surface area contributed by atoms with Crippen LogP contribution in [0.2, 0.25) is 0 Å². The second-order valence-electron chi connectivity index (χ2n) is 5.59. The van der Waals surface area contributed by atoms with Crippen molar-refractivity contribution in [1.29, 1.82) is 0 Å². The molecule has 0 saturated heterocycles. The molecule has 0 fully saturated rings. The Morgan fingerprint density at radius 1 is 0.760 bits per heavy atom. The molecule has 3 amide bonds. The van der Waals surface area contributed by atoms with Crippen LogP contribution in [0.4, 0.5) is 4.79 Å². The van der Waals surface area contributed by atoms with Crippen LogP contribution in [-0.4, -0.2) is 63.3 Å². The number of aliphatic carboxylic acids is 3.